The lowest BCUT2D eigenvalue weighted by atomic mass is 10.0. The zero-order chi connectivity index (χ0) is 11.4. The molecule has 1 aromatic heterocycles. The summed E-state index contributed by atoms with van der Waals surface area (Å²) in [5, 5.41) is 13.6. The van der Waals surface area contributed by atoms with Gasteiger partial charge in [-0.3, -0.25) is 4.90 Å². The molecule has 16 heavy (non-hydrogen) atoms. The molecule has 0 spiro atoms. The predicted molar refractivity (Wildman–Crippen MR) is 67.7 cm³/mol. The van der Waals surface area contributed by atoms with E-state index in [-0.39, 0.29) is 0 Å². The third kappa shape index (κ3) is 3.15. The lowest BCUT2D eigenvalue weighted by molar-refractivity contribution is 0.176. The third-order valence-corrected chi connectivity index (χ3v) is 3.76. The van der Waals surface area contributed by atoms with Gasteiger partial charge in [0.15, 0.2) is 0 Å². The van der Waals surface area contributed by atoms with Gasteiger partial charge in [0, 0.05) is 13.1 Å². The first-order chi connectivity index (χ1) is 7.78. The van der Waals surface area contributed by atoms with Crippen molar-refractivity contribution in [1.82, 2.24) is 15.1 Å². The van der Waals surface area contributed by atoms with Gasteiger partial charge in [0.25, 0.3) is 0 Å². The van der Waals surface area contributed by atoms with E-state index >= 15 is 0 Å². The lowest BCUT2D eigenvalue weighted by Gasteiger charge is -2.29. The average molecular weight is 240 g/mol. The van der Waals surface area contributed by atoms with Crippen molar-refractivity contribution in [3.05, 3.63) is 5.01 Å². The molecule has 2 heterocycles. The van der Waals surface area contributed by atoms with Gasteiger partial charge in [-0.2, -0.15) is 0 Å². The fourth-order valence-electron chi connectivity index (χ4n) is 2.16. The normalized spacial score (nSPS) is 22.2. The quantitative estimate of drug-likeness (QED) is 0.876. The SMILES string of the molecule is CCNc1nnc(CN2CCCC(C)C2)s1. The summed E-state index contributed by atoms with van der Waals surface area (Å²) in [5.74, 6) is 0.829. The minimum Gasteiger partial charge on any atom is -0.360 e. The molecule has 0 bridgehead atoms. The standard InChI is InChI=1S/C11H20N4S/c1-3-12-11-14-13-10(16-11)8-15-6-4-5-9(2)7-15/h9H,3-8H2,1-2H3,(H,12,14). The number of anilines is 1. The molecule has 0 aromatic carbocycles. The van der Waals surface area contributed by atoms with Crippen molar-refractivity contribution in [3.63, 3.8) is 0 Å². The van der Waals surface area contributed by atoms with Gasteiger partial charge in [0.2, 0.25) is 5.13 Å². The molecule has 1 unspecified atom stereocenters. The predicted octanol–water partition coefficient (Wildman–Crippen LogP) is 2.20. The lowest BCUT2D eigenvalue weighted by Crippen LogP contribution is -2.33. The fraction of sp³-hybridized carbons (Fsp3) is 0.818. The van der Waals surface area contributed by atoms with Crippen LogP contribution in [0.1, 0.15) is 31.7 Å². The van der Waals surface area contributed by atoms with Gasteiger partial charge in [-0.25, -0.2) is 0 Å². The van der Waals surface area contributed by atoms with Crippen LogP contribution in [0.25, 0.3) is 0 Å². The first-order valence-corrected chi connectivity index (χ1v) is 6.88. The highest BCUT2D eigenvalue weighted by atomic mass is 32.1. The highest BCUT2D eigenvalue weighted by Gasteiger charge is 2.17. The Labute approximate surface area is 101 Å². The summed E-state index contributed by atoms with van der Waals surface area (Å²) in [6.07, 6.45) is 2.69. The van der Waals surface area contributed by atoms with E-state index in [2.05, 4.69) is 34.3 Å². The Morgan fingerprint density at radius 3 is 3.12 bits per heavy atom. The summed E-state index contributed by atoms with van der Waals surface area (Å²) in [6, 6.07) is 0. The number of likely N-dealkylation sites (tertiary alicyclic amines) is 1. The summed E-state index contributed by atoms with van der Waals surface area (Å²) in [5.41, 5.74) is 0. The molecule has 5 heteroatoms. The largest absolute Gasteiger partial charge is 0.360 e. The van der Waals surface area contributed by atoms with E-state index in [1.54, 1.807) is 11.3 Å². The number of nitrogens with one attached hydrogen (secondary N) is 1. The van der Waals surface area contributed by atoms with Crippen molar-refractivity contribution in [2.45, 2.75) is 33.2 Å². The second-order valence-electron chi connectivity index (χ2n) is 4.51. The number of rotatable bonds is 4. The number of hydrogen-bond acceptors (Lipinski definition) is 5. The Bertz CT molecular complexity index is 326. The van der Waals surface area contributed by atoms with Crippen LogP contribution in [0.2, 0.25) is 0 Å². The molecule has 1 aliphatic heterocycles. The Morgan fingerprint density at radius 2 is 2.38 bits per heavy atom. The van der Waals surface area contributed by atoms with Gasteiger partial charge in [-0.15, -0.1) is 10.2 Å². The second kappa shape index (κ2) is 5.59. The van der Waals surface area contributed by atoms with E-state index in [1.165, 1.54) is 25.9 Å². The summed E-state index contributed by atoms with van der Waals surface area (Å²) in [7, 11) is 0. The topological polar surface area (TPSA) is 41.1 Å². The van der Waals surface area contributed by atoms with E-state index in [0.29, 0.717) is 0 Å². The van der Waals surface area contributed by atoms with Crippen LogP contribution in [0.3, 0.4) is 0 Å². The Kier molecular flexibility index (Phi) is 4.12. The van der Waals surface area contributed by atoms with Gasteiger partial charge < -0.3 is 5.32 Å². The van der Waals surface area contributed by atoms with Crippen molar-refractivity contribution in [3.8, 4) is 0 Å². The van der Waals surface area contributed by atoms with E-state index < -0.39 is 0 Å². The molecule has 4 nitrogen and oxygen atoms in total. The smallest absolute Gasteiger partial charge is 0.205 e. The van der Waals surface area contributed by atoms with E-state index in [4.69, 9.17) is 0 Å². The van der Waals surface area contributed by atoms with Crippen molar-refractivity contribution in [1.29, 1.82) is 0 Å². The zero-order valence-electron chi connectivity index (χ0n) is 10.1. The van der Waals surface area contributed by atoms with E-state index in [9.17, 15) is 0 Å². The molecule has 2 rings (SSSR count). The van der Waals surface area contributed by atoms with E-state index in [0.717, 1.165) is 29.1 Å². The molecule has 1 saturated heterocycles. The van der Waals surface area contributed by atoms with Crippen molar-refractivity contribution >= 4 is 16.5 Å². The summed E-state index contributed by atoms with van der Waals surface area (Å²) in [4.78, 5) is 2.49. The maximum Gasteiger partial charge on any atom is 0.205 e. The first kappa shape index (κ1) is 11.8. The summed E-state index contributed by atoms with van der Waals surface area (Å²) < 4.78 is 0. The van der Waals surface area contributed by atoms with Gasteiger partial charge in [0.1, 0.15) is 5.01 Å². The number of piperidine rings is 1. The highest BCUT2D eigenvalue weighted by molar-refractivity contribution is 7.15. The molecule has 1 fully saturated rings. The maximum absolute atomic E-state index is 4.22. The average Bonchev–Trinajstić information content (AvgIpc) is 2.66. The van der Waals surface area contributed by atoms with Gasteiger partial charge in [0.05, 0.1) is 6.54 Å². The molecule has 1 aliphatic rings. The molecule has 0 radical (unpaired) electrons. The van der Waals surface area contributed by atoms with Crippen molar-refractivity contribution in [2.75, 3.05) is 25.0 Å². The molecular weight excluding hydrogens is 220 g/mol. The van der Waals surface area contributed by atoms with Crippen LogP contribution in [-0.4, -0.2) is 34.7 Å². The van der Waals surface area contributed by atoms with Crippen LogP contribution in [0, 0.1) is 5.92 Å². The second-order valence-corrected chi connectivity index (χ2v) is 5.58. The molecule has 90 valence electrons. The number of nitrogens with zero attached hydrogens (tertiary/aromatic N) is 3. The minimum atomic E-state index is 0.829. The van der Waals surface area contributed by atoms with Crippen molar-refractivity contribution in [2.24, 2.45) is 5.92 Å². The van der Waals surface area contributed by atoms with Crippen LogP contribution >= 0.6 is 11.3 Å². The number of aromatic nitrogens is 2. The highest BCUT2D eigenvalue weighted by Crippen LogP contribution is 2.21. The van der Waals surface area contributed by atoms with Gasteiger partial charge in [-0.1, -0.05) is 18.3 Å². The van der Waals surface area contributed by atoms with Crippen LogP contribution in [0.15, 0.2) is 0 Å². The molecule has 1 atom stereocenters. The molecule has 1 aromatic rings. The fourth-order valence-corrected chi connectivity index (χ4v) is 3.01. The van der Waals surface area contributed by atoms with E-state index in [1.807, 2.05) is 0 Å². The van der Waals surface area contributed by atoms with Crippen LogP contribution in [-0.2, 0) is 6.54 Å². The molecule has 0 aliphatic carbocycles. The van der Waals surface area contributed by atoms with Crippen LogP contribution < -0.4 is 5.32 Å². The molecule has 1 N–H and O–H groups in total. The summed E-state index contributed by atoms with van der Waals surface area (Å²) >= 11 is 1.68. The van der Waals surface area contributed by atoms with Crippen LogP contribution in [0.5, 0.6) is 0 Å². The van der Waals surface area contributed by atoms with Gasteiger partial charge in [-0.05, 0) is 32.2 Å². The zero-order valence-corrected chi connectivity index (χ0v) is 10.9. The monoisotopic (exact) mass is 240 g/mol. The minimum absolute atomic E-state index is 0.829. The number of hydrogen-bond donors (Lipinski definition) is 1. The Morgan fingerprint density at radius 1 is 1.50 bits per heavy atom. The molecule has 0 amide bonds. The summed E-state index contributed by atoms with van der Waals surface area (Å²) in [6.45, 7) is 8.70. The van der Waals surface area contributed by atoms with Gasteiger partial charge >= 0.3 is 0 Å². The third-order valence-electron chi connectivity index (χ3n) is 2.89. The van der Waals surface area contributed by atoms with Crippen molar-refractivity contribution < 1.29 is 0 Å². The maximum atomic E-state index is 4.22. The first-order valence-electron chi connectivity index (χ1n) is 6.06. The van der Waals surface area contributed by atoms with Crippen LogP contribution in [0.4, 0.5) is 5.13 Å². The molecular formula is C11H20N4S. The Balaban J connectivity index is 1.87. The Hall–Kier alpha value is -0.680. The molecule has 0 saturated carbocycles.